The highest BCUT2D eigenvalue weighted by atomic mass is 32.2. The number of anilines is 2. The Morgan fingerprint density at radius 3 is 2.30 bits per heavy atom. The van der Waals surface area contributed by atoms with E-state index in [-0.39, 0.29) is 23.9 Å². The molecule has 0 bridgehead atoms. The first-order valence-corrected chi connectivity index (χ1v) is 17.4. The smallest absolute Gasteiger partial charge is 0.272 e. The van der Waals surface area contributed by atoms with Crippen LogP contribution in [0.5, 0.6) is 11.5 Å². The van der Waals surface area contributed by atoms with Gasteiger partial charge in [-0.2, -0.15) is 0 Å². The van der Waals surface area contributed by atoms with Crippen molar-refractivity contribution in [2.24, 2.45) is 0 Å². The van der Waals surface area contributed by atoms with Crippen LogP contribution >= 0.6 is 11.8 Å². The first-order valence-electron chi connectivity index (χ1n) is 16.5. The summed E-state index contributed by atoms with van der Waals surface area (Å²) in [5.74, 6) is -0.348. The number of nitrogens with one attached hydrogen (secondary N) is 2. The number of carbonyl (C=O) groups excluding carboxylic acids is 4. The van der Waals surface area contributed by atoms with Gasteiger partial charge in [0.15, 0.2) is 17.1 Å². The van der Waals surface area contributed by atoms with Crippen molar-refractivity contribution in [3.05, 3.63) is 138 Å². The third kappa shape index (κ3) is 7.53. The SMILES string of the molecule is COc1cccc(/C=C(\NC(=O)c2ccccc2)C(=O)Nc2ccc(SC3CC(=O)N(c4ccc(-c5nc6ccccc6o5)cc4)C3=O)cc2)c1OC. The Morgan fingerprint density at radius 2 is 1.58 bits per heavy atom. The molecule has 2 heterocycles. The number of aromatic nitrogens is 1. The summed E-state index contributed by atoms with van der Waals surface area (Å²) in [5, 5.41) is 4.93. The fraction of sp³-hybridized carbons (Fsp3) is 0.0976. The fourth-order valence-electron chi connectivity index (χ4n) is 5.82. The monoisotopic (exact) mass is 724 g/mol. The Labute approximate surface area is 308 Å². The minimum absolute atomic E-state index is 0.0269. The molecular formula is C41H32N4O7S. The third-order valence-electron chi connectivity index (χ3n) is 8.42. The number of carbonyl (C=O) groups is 4. The molecule has 4 amide bonds. The summed E-state index contributed by atoms with van der Waals surface area (Å²) in [6.07, 6.45) is 1.55. The van der Waals surface area contributed by atoms with Crippen LogP contribution in [0.1, 0.15) is 22.3 Å². The normalized spacial score (nSPS) is 14.3. The van der Waals surface area contributed by atoms with Gasteiger partial charge in [0.2, 0.25) is 17.7 Å². The molecule has 0 radical (unpaired) electrons. The van der Waals surface area contributed by atoms with Gasteiger partial charge in [-0.3, -0.25) is 19.2 Å². The van der Waals surface area contributed by atoms with Gasteiger partial charge in [-0.05, 0) is 84.9 Å². The number of hydrogen-bond donors (Lipinski definition) is 2. The van der Waals surface area contributed by atoms with Gasteiger partial charge in [0.1, 0.15) is 11.2 Å². The number of benzene rings is 5. The van der Waals surface area contributed by atoms with Crippen molar-refractivity contribution in [2.45, 2.75) is 16.6 Å². The van der Waals surface area contributed by atoms with E-state index in [9.17, 15) is 19.2 Å². The first kappa shape index (κ1) is 34.8. The molecule has 1 unspecified atom stereocenters. The van der Waals surface area contributed by atoms with E-state index < -0.39 is 17.1 Å². The van der Waals surface area contributed by atoms with E-state index in [1.54, 1.807) is 97.1 Å². The number of thioether (sulfide) groups is 1. The van der Waals surface area contributed by atoms with Crippen LogP contribution in [-0.2, 0) is 14.4 Å². The second-order valence-corrected chi connectivity index (χ2v) is 13.1. The van der Waals surface area contributed by atoms with Crippen molar-refractivity contribution >= 4 is 63.9 Å². The maximum atomic E-state index is 13.6. The van der Waals surface area contributed by atoms with Crippen LogP contribution in [0, 0.1) is 0 Å². The largest absolute Gasteiger partial charge is 0.493 e. The molecule has 2 N–H and O–H groups in total. The quantitative estimate of drug-likeness (QED) is 0.104. The van der Waals surface area contributed by atoms with Crippen LogP contribution in [0.4, 0.5) is 11.4 Å². The number of para-hydroxylation sites is 3. The van der Waals surface area contributed by atoms with Gasteiger partial charge in [-0.1, -0.05) is 42.5 Å². The molecule has 1 aliphatic rings. The van der Waals surface area contributed by atoms with Crippen LogP contribution in [0.2, 0.25) is 0 Å². The number of imide groups is 1. The maximum Gasteiger partial charge on any atom is 0.272 e. The Hall–Kier alpha value is -6.66. The molecule has 12 heteroatoms. The molecule has 7 rings (SSSR count). The first-order chi connectivity index (χ1) is 25.8. The lowest BCUT2D eigenvalue weighted by molar-refractivity contribution is -0.121. The molecule has 11 nitrogen and oxygen atoms in total. The van der Waals surface area contributed by atoms with Crippen molar-refractivity contribution in [1.29, 1.82) is 0 Å². The summed E-state index contributed by atoms with van der Waals surface area (Å²) in [6, 6.07) is 35.1. The highest BCUT2D eigenvalue weighted by molar-refractivity contribution is 8.00. The molecule has 0 aliphatic carbocycles. The molecule has 6 aromatic rings. The van der Waals surface area contributed by atoms with E-state index in [2.05, 4.69) is 15.6 Å². The second-order valence-electron chi connectivity index (χ2n) is 11.9. The number of nitrogens with zero attached hydrogens (tertiary/aromatic N) is 2. The predicted molar refractivity (Wildman–Crippen MR) is 203 cm³/mol. The van der Waals surface area contributed by atoms with Crippen LogP contribution in [0.3, 0.4) is 0 Å². The second kappa shape index (κ2) is 15.3. The van der Waals surface area contributed by atoms with E-state index in [1.165, 1.54) is 37.0 Å². The number of rotatable bonds is 11. The van der Waals surface area contributed by atoms with Crippen molar-refractivity contribution in [2.75, 3.05) is 24.4 Å². The molecule has 0 spiro atoms. The van der Waals surface area contributed by atoms with E-state index in [4.69, 9.17) is 13.9 Å². The lowest BCUT2D eigenvalue weighted by atomic mass is 10.1. The van der Waals surface area contributed by atoms with Crippen molar-refractivity contribution in [3.8, 4) is 23.0 Å². The number of fused-ring (bicyclic) bond motifs is 1. The Morgan fingerprint density at radius 1 is 0.849 bits per heavy atom. The Kier molecular flexibility index (Phi) is 10.0. The van der Waals surface area contributed by atoms with Gasteiger partial charge in [0.05, 0.1) is 25.2 Å². The number of hydrogen-bond acceptors (Lipinski definition) is 9. The number of methoxy groups -OCH3 is 2. The summed E-state index contributed by atoms with van der Waals surface area (Å²) in [4.78, 5) is 59.7. The number of ether oxygens (including phenoxy) is 2. The van der Waals surface area contributed by atoms with Gasteiger partial charge >= 0.3 is 0 Å². The van der Waals surface area contributed by atoms with Crippen LogP contribution < -0.4 is 25.0 Å². The zero-order valence-corrected chi connectivity index (χ0v) is 29.4. The van der Waals surface area contributed by atoms with E-state index >= 15 is 0 Å². The molecule has 1 saturated heterocycles. The maximum absolute atomic E-state index is 13.6. The van der Waals surface area contributed by atoms with Gasteiger partial charge in [-0.15, -0.1) is 11.8 Å². The number of amides is 4. The molecule has 1 aliphatic heterocycles. The Balaban J connectivity index is 1.03. The van der Waals surface area contributed by atoms with Crippen LogP contribution in [-0.4, -0.2) is 48.1 Å². The van der Waals surface area contributed by atoms with Gasteiger partial charge in [0, 0.05) is 33.7 Å². The van der Waals surface area contributed by atoms with Crippen LogP contribution in [0.25, 0.3) is 28.6 Å². The van der Waals surface area contributed by atoms with E-state index in [0.29, 0.717) is 45.5 Å². The van der Waals surface area contributed by atoms with Crippen molar-refractivity contribution < 1.29 is 33.1 Å². The highest BCUT2D eigenvalue weighted by Gasteiger charge is 2.40. The predicted octanol–water partition coefficient (Wildman–Crippen LogP) is 7.35. The lowest BCUT2D eigenvalue weighted by Gasteiger charge is -2.15. The van der Waals surface area contributed by atoms with Crippen molar-refractivity contribution in [1.82, 2.24) is 10.3 Å². The molecule has 1 atom stereocenters. The molecule has 53 heavy (non-hydrogen) atoms. The molecule has 1 fully saturated rings. The lowest BCUT2D eigenvalue weighted by Crippen LogP contribution is -2.31. The summed E-state index contributed by atoms with van der Waals surface area (Å²) in [7, 11) is 3.00. The molecular weight excluding hydrogens is 693 g/mol. The topological polar surface area (TPSA) is 140 Å². The molecule has 5 aromatic carbocycles. The zero-order valence-electron chi connectivity index (χ0n) is 28.6. The van der Waals surface area contributed by atoms with Gasteiger partial charge < -0.3 is 24.5 Å². The zero-order chi connectivity index (χ0) is 36.9. The Bertz CT molecular complexity index is 2320. The number of oxazole rings is 1. The molecule has 1 aromatic heterocycles. The highest BCUT2D eigenvalue weighted by Crippen LogP contribution is 2.36. The molecule has 264 valence electrons. The summed E-state index contributed by atoms with van der Waals surface area (Å²) in [5.41, 5.74) is 3.92. The summed E-state index contributed by atoms with van der Waals surface area (Å²) < 4.78 is 16.8. The van der Waals surface area contributed by atoms with Crippen LogP contribution in [0.15, 0.2) is 136 Å². The van der Waals surface area contributed by atoms with Gasteiger partial charge in [-0.25, -0.2) is 9.88 Å². The molecule has 0 saturated carbocycles. The third-order valence-corrected chi connectivity index (χ3v) is 9.62. The summed E-state index contributed by atoms with van der Waals surface area (Å²) >= 11 is 1.27. The van der Waals surface area contributed by atoms with E-state index in [1.807, 2.05) is 24.3 Å². The summed E-state index contributed by atoms with van der Waals surface area (Å²) in [6.45, 7) is 0. The van der Waals surface area contributed by atoms with Gasteiger partial charge in [0.25, 0.3) is 11.8 Å². The fourth-order valence-corrected chi connectivity index (χ4v) is 6.87. The standard InChI is InChI=1S/C41H32N4O7S/c1-50-34-14-8-11-27(37(34)51-2)23-32(43-38(47)25-9-4-3-5-10-25)39(48)42-28-17-21-30(22-18-28)53-35-24-36(46)45(41(35)49)29-19-15-26(16-20-29)40-44-31-12-6-7-13-33(31)52-40/h3-23,35H,24H2,1-2H3,(H,42,48)(H,43,47)/b32-23-. The van der Waals surface area contributed by atoms with Crippen molar-refractivity contribution in [3.63, 3.8) is 0 Å². The average Bonchev–Trinajstić information content (AvgIpc) is 3.75. The minimum atomic E-state index is -0.625. The average molecular weight is 725 g/mol. The minimum Gasteiger partial charge on any atom is -0.493 e. The van der Waals surface area contributed by atoms with E-state index in [0.717, 1.165) is 16.0 Å².